The van der Waals surface area contributed by atoms with Crippen LogP contribution in [0.15, 0.2) is 42.6 Å². The molecule has 2 aliphatic rings. The van der Waals surface area contributed by atoms with Gasteiger partial charge in [-0.3, -0.25) is 9.59 Å². The number of rotatable bonds is 7. The smallest absolute Gasteiger partial charge is 0.262 e. The highest BCUT2D eigenvalue weighted by Gasteiger charge is 2.29. The lowest BCUT2D eigenvalue weighted by Gasteiger charge is -2.27. The number of nitrogens with zero attached hydrogens (tertiary/aromatic N) is 2. The quantitative estimate of drug-likeness (QED) is 0.752. The molecule has 1 aliphatic carbocycles. The molecule has 2 N–H and O–H groups in total. The van der Waals surface area contributed by atoms with Crippen LogP contribution in [0.4, 0.5) is 17.2 Å². The Morgan fingerprint density at radius 1 is 1.03 bits per heavy atom. The van der Waals surface area contributed by atoms with Crippen molar-refractivity contribution >= 4 is 29.0 Å². The van der Waals surface area contributed by atoms with Crippen LogP contribution in [0.2, 0.25) is 0 Å². The Balaban J connectivity index is 1.26. The van der Waals surface area contributed by atoms with Gasteiger partial charge < -0.3 is 20.3 Å². The largest absolute Gasteiger partial charge is 0.484 e. The number of hydrogen-bond acceptors (Lipinski definition) is 5. The summed E-state index contributed by atoms with van der Waals surface area (Å²) < 4.78 is 5.57. The van der Waals surface area contributed by atoms with E-state index in [1.807, 2.05) is 18.2 Å². The first-order valence-corrected chi connectivity index (χ1v) is 10.2. The van der Waals surface area contributed by atoms with Crippen molar-refractivity contribution in [2.45, 2.75) is 32.1 Å². The molecule has 0 radical (unpaired) electrons. The van der Waals surface area contributed by atoms with Crippen LogP contribution >= 0.6 is 0 Å². The number of piperidine rings is 1. The van der Waals surface area contributed by atoms with E-state index in [4.69, 9.17) is 4.74 Å². The van der Waals surface area contributed by atoms with Crippen LogP contribution in [0.5, 0.6) is 5.75 Å². The fourth-order valence-electron chi connectivity index (χ4n) is 3.37. The Kier molecular flexibility index (Phi) is 5.93. The molecule has 2 heterocycles. The summed E-state index contributed by atoms with van der Waals surface area (Å²) in [5.41, 5.74) is 1.32. The Morgan fingerprint density at radius 2 is 1.86 bits per heavy atom. The van der Waals surface area contributed by atoms with Crippen molar-refractivity contribution in [1.29, 1.82) is 0 Å². The van der Waals surface area contributed by atoms with E-state index in [0.29, 0.717) is 17.1 Å². The van der Waals surface area contributed by atoms with E-state index in [0.717, 1.165) is 31.7 Å². The van der Waals surface area contributed by atoms with Gasteiger partial charge in [-0.25, -0.2) is 4.98 Å². The van der Waals surface area contributed by atoms with E-state index in [1.54, 1.807) is 24.4 Å². The number of aromatic nitrogens is 1. The fraction of sp³-hybridized carbons (Fsp3) is 0.409. The van der Waals surface area contributed by atoms with Crippen LogP contribution in [-0.4, -0.2) is 36.5 Å². The van der Waals surface area contributed by atoms with Gasteiger partial charge in [0.1, 0.15) is 11.6 Å². The van der Waals surface area contributed by atoms with Crippen LogP contribution in [0.1, 0.15) is 32.1 Å². The summed E-state index contributed by atoms with van der Waals surface area (Å²) >= 11 is 0. The summed E-state index contributed by atoms with van der Waals surface area (Å²) in [5, 5.41) is 5.67. The minimum absolute atomic E-state index is 0.0420. The first kappa shape index (κ1) is 19.2. The third-order valence-electron chi connectivity index (χ3n) is 5.13. The summed E-state index contributed by atoms with van der Waals surface area (Å²) in [6.45, 7) is 1.95. The number of amides is 2. The molecule has 0 unspecified atom stereocenters. The second-order valence-corrected chi connectivity index (χ2v) is 7.58. The highest BCUT2D eigenvalue weighted by Crippen LogP contribution is 2.30. The van der Waals surface area contributed by atoms with E-state index in [1.165, 1.54) is 19.3 Å². The average Bonchev–Trinajstić information content (AvgIpc) is 3.59. The van der Waals surface area contributed by atoms with Crippen molar-refractivity contribution in [3.63, 3.8) is 0 Å². The highest BCUT2D eigenvalue weighted by molar-refractivity contribution is 5.94. The zero-order valence-electron chi connectivity index (χ0n) is 16.4. The minimum Gasteiger partial charge on any atom is -0.484 e. The summed E-state index contributed by atoms with van der Waals surface area (Å²) in [5.74, 6) is 1.40. The van der Waals surface area contributed by atoms with E-state index in [-0.39, 0.29) is 24.3 Å². The van der Waals surface area contributed by atoms with Crippen molar-refractivity contribution < 1.29 is 14.3 Å². The SMILES string of the molecule is O=C(COc1cccc(NC(=O)C2CC2)c1)Nc1ccc(N2CCCCC2)nc1. The summed E-state index contributed by atoms with van der Waals surface area (Å²) in [6, 6.07) is 10.9. The molecule has 1 aromatic carbocycles. The number of pyridine rings is 1. The van der Waals surface area contributed by atoms with Gasteiger partial charge in [-0.15, -0.1) is 0 Å². The molecule has 7 nitrogen and oxygen atoms in total. The van der Waals surface area contributed by atoms with Crippen molar-refractivity contribution in [3.05, 3.63) is 42.6 Å². The predicted octanol–water partition coefficient (Wildman–Crippen LogP) is 3.44. The van der Waals surface area contributed by atoms with Crippen LogP contribution < -0.4 is 20.3 Å². The number of nitrogens with one attached hydrogen (secondary N) is 2. The lowest BCUT2D eigenvalue weighted by molar-refractivity contribution is -0.118. The first-order valence-electron chi connectivity index (χ1n) is 10.2. The predicted molar refractivity (Wildman–Crippen MR) is 112 cm³/mol. The third kappa shape index (κ3) is 5.47. The van der Waals surface area contributed by atoms with E-state index in [2.05, 4.69) is 20.5 Å². The van der Waals surface area contributed by atoms with Crippen molar-refractivity contribution in [2.24, 2.45) is 5.92 Å². The molecule has 0 bridgehead atoms. The topological polar surface area (TPSA) is 83.6 Å². The van der Waals surface area contributed by atoms with Crippen LogP contribution in [0, 0.1) is 5.92 Å². The molecule has 7 heteroatoms. The van der Waals surface area contributed by atoms with Crippen LogP contribution in [0.25, 0.3) is 0 Å². The van der Waals surface area contributed by atoms with Crippen molar-refractivity contribution in [2.75, 3.05) is 35.2 Å². The zero-order chi connectivity index (χ0) is 20.1. The Labute approximate surface area is 170 Å². The molecule has 1 saturated heterocycles. The van der Waals surface area contributed by atoms with E-state index < -0.39 is 0 Å². The monoisotopic (exact) mass is 394 g/mol. The lowest BCUT2D eigenvalue weighted by atomic mass is 10.1. The zero-order valence-corrected chi connectivity index (χ0v) is 16.4. The maximum atomic E-state index is 12.2. The molecule has 1 aliphatic heterocycles. The molecule has 2 aromatic rings. The maximum Gasteiger partial charge on any atom is 0.262 e. The Morgan fingerprint density at radius 3 is 2.59 bits per heavy atom. The number of hydrogen-bond donors (Lipinski definition) is 2. The van der Waals surface area contributed by atoms with Gasteiger partial charge in [0.05, 0.1) is 11.9 Å². The average molecular weight is 394 g/mol. The number of ether oxygens (including phenoxy) is 1. The Hall–Kier alpha value is -3.09. The van der Waals surface area contributed by atoms with E-state index >= 15 is 0 Å². The molecule has 0 spiro atoms. The Bertz CT molecular complexity index is 859. The lowest BCUT2D eigenvalue weighted by Crippen LogP contribution is -2.30. The second-order valence-electron chi connectivity index (χ2n) is 7.58. The minimum atomic E-state index is -0.259. The molecule has 2 fully saturated rings. The van der Waals surface area contributed by atoms with Gasteiger partial charge in [-0.05, 0) is 56.4 Å². The van der Waals surface area contributed by atoms with Gasteiger partial charge in [0.2, 0.25) is 5.91 Å². The van der Waals surface area contributed by atoms with Crippen LogP contribution in [-0.2, 0) is 9.59 Å². The highest BCUT2D eigenvalue weighted by atomic mass is 16.5. The van der Waals surface area contributed by atoms with Gasteiger partial charge in [-0.2, -0.15) is 0 Å². The molecular weight excluding hydrogens is 368 g/mol. The fourth-order valence-corrected chi connectivity index (χ4v) is 3.37. The molecular formula is C22H26N4O3. The standard InChI is InChI=1S/C22H26N4O3/c27-21(24-18-9-10-20(23-14-18)26-11-2-1-3-12-26)15-29-19-6-4-5-17(13-19)25-22(28)16-7-8-16/h4-6,9-10,13-14,16H,1-3,7-8,11-12,15H2,(H,24,27)(H,25,28). The van der Waals surface area contributed by atoms with Gasteiger partial charge in [0.15, 0.2) is 6.61 Å². The number of benzene rings is 1. The third-order valence-corrected chi connectivity index (χ3v) is 5.13. The molecule has 29 heavy (non-hydrogen) atoms. The summed E-state index contributed by atoms with van der Waals surface area (Å²) in [7, 11) is 0. The molecule has 2 amide bonds. The van der Waals surface area contributed by atoms with Crippen LogP contribution in [0.3, 0.4) is 0 Å². The molecule has 0 atom stereocenters. The molecule has 152 valence electrons. The number of carbonyl (C=O) groups is 2. The van der Waals surface area contributed by atoms with Gasteiger partial charge >= 0.3 is 0 Å². The van der Waals surface area contributed by atoms with Gasteiger partial charge in [0, 0.05) is 30.8 Å². The summed E-state index contributed by atoms with van der Waals surface area (Å²) in [4.78, 5) is 30.8. The van der Waals surface area contributed by atoms with Gasteiger partial charge in [0.25, 0.3) is 5.91 Å². The van der Waals surface area contributed by atoms with Crippen molar-refractivity contribution in [1.82, 2.24) is 4.98 Å². The number of carbonyl (C=O) groups excluding carboxylic acids is 2. The van der Waals surface area contributed by atoms with Crippen molar-refractivity contribution in [3.8, 4) is 5.75 Å². The molecule has 4 rings (SSSR count). The molecule has 1 saturated carbocycles. The molecule has 1 aromatic heterocycles. The van der Waals surface area contributed by atoms with E-state index in [9.17, 15) is 9.59 Å². The second kappa shape index (κ2) is 8.94. The first-order chi connectivity index (χ1) is 14.2. The maximum absolute atomic E-state index is 12.2. The number of anilines is 3. The summed E-state index contributed by atoms with van der Waals surface area (Å²) in [6.07, 6.45) is 7.26. The van der Waals surface area contributed by atoms with Gasteiger partial charge in [-0.1, -0.05) is 6.07 Å². The normalized spacial score (nSPS) is 16.2.